The van der Waals surface area contributed by atoms with Crippen molar-refractivity contribution < 1.29 is 0 Å². The summed E-state index contributed by atoms with van der Waals surface area (Å²) in [5.74, 6) is 0. The van der Waals surface area contributed by atoms with Crippen LogP contribution < -0.4 is 0 Å². The molecule has 0 atom stereocenters. The van der Waals surface area contributed by atoms with Crippen molar-refractivity contribution in [1.82, 2.24) is 0 Å². The van der Waals surface area contributed by atoms with Crippen molar-refractivity contribution >= 4 is 10.8 Å². The molecule has 0 bridgehead atoms. The molecule has 0 heteroatoms. The molecule has 0 fully saturated rings. The zero-order chi connectivity index (χ0) is 15.8. The smallest absolute Gasteiger partial charge is 0.0117 e. The number of hydrogen-bond acceptors (Lipinski definition) is 0. The van der Waals surface area contributed by atoms with Gasteiger partial charge in [0, 0.05) is 0 Å². The molecule has 0 amide bonds. The number of hydrogen-bond donors (Lipinski definition) is 0. The first kappa shape index (κ1) is 17.1. The number of benzene rings is 2. The highest BCUT2D eigenvalue weighted by Crippen LogP contribution is 2.29. The number of aryl methyl sites for hydroxylation is 3. The van der Waals surface area contributed by atoms with Crippen molar-refractivity contribution in [2.45, 2.75) is 78.6 Å². The van der Waals surface area contributed by atoms with Gasteiger partial charge in [0.25, 0.3) is 0 Å². The Bertz CT molecular complexity index is 580. The van der Waals surface area contributed by atoms with E-state index in [1.165, 1.54) is 62.3 Å². The molecule has 0 heterocycles. The molecule has 0 N–H and O–H groups in total. The van der Waals surface area contributed by atoms with Gasteiger partial charge in [0.2, 0.25) is 0 Å². The highest BCUT2D eigenvalue weighted by Gasteiger charge is 2.09. The van der Waals surface area contributed by atoms with Gasteiger partial charge in [-0.2, -0.15) is 0 Å². The summed E-state index contributed by atoms with van der Waals surface area (Å²) in [6.45, 7) is 6.85. The molecule has 120 valence electrons. The van der Waals surface area contributed by atoms with Crippen LogP contribution >= 0.6 is 0 Å². The first-order valence-electron chi connectivity index (χ1n) is 9.34. The Labute approximate surface area is 136 Å². The summed E-state index contributed by atoms with van der Waals surface area (Å²) in [5, 5.41) is 3.08. The van der Waals surface area contributed by atoms with Crippen LogP contribution in [0.3, 0.4) is 0 Å². The predicted molar refractivity (Wildman–Crippen MR) is 99.8 cm³/mol. The topological polar surface area (TPSA) is 0 Å². The van der Waals surface area contributed by atoms with Crippen LogP contribution in [0.5, 0.6) is 0 Å². The highest BCUT2D eigenvalue weighted by atomic mass is 14.1. The molecule has 0 spiro atoms. The molecular formula is C22H32. The van der Waals surface area contributed by atoms with E-state index in [-0.39, 0.29) is 0 Å². The Kier molecular flexibility index (Phi) is 6.96. The summed E-state index contributed by atoms with van der Waals surface area (Å²) in [7, 11) is 0. The zero-order valence-electron chi connectivity index (χ0n) is 14.8. The second kappa shape index (κ2) is 8.98. The summed E-state index contributed by atoms with van der Waals surface area (Å²) in [5.41, 5.74) is 4.65. The monoisotopic (exact) mass is 296 g/mol. The number of rotatable bonds is 9. The fraction of sp³-hybridized carbons (Fsp3) is 0.545. The lowest BCUT2D eigenvalue weighted by Gasteiger charge is -2.14. The average molecular weight is 296 g/mol. The maximum atomic E-state index is 2.38. The molecule has 2 rings (SSSR count). The first-order valence-corrected chi connectivity index (χ1v) is 9.34. The molecule has 2 aromatic rings. The van der Waals surface area contributed by atoms with Gasteiger partial charge >= 0.3 is 0 Å². The SMILES string of the molecule is CCCCCc1ccc(CC)c2c(CCCCC)cccc12. The van der Waals surface area contributed by atoms with E-state index >= 15 is 0 Å². The van der Waals surface area contributed by atoms with Crippen molar-refractivity contribution in [2.24, 2.45) is 0 Å². The van der Waals surface area contributed by atoms with Gasteiger partial charge in [0.05, 0.1) is 0 Å². The Hall–Kier alpha value is -1.30. The Balaban J connectivity index is 2.37. The van der Waals surface area contributed by atoms with E-state index in [2.05, 4.69) is 51.1 Å². The van der Waals surface area contributed by atoms with Crippen molar-refractivity contribution in [3.8, 4) is 0 Å². The minimum atomic E-state index is 1.14. The van der Waals surface area contributed by atoms with Crippen LogP contribution in [0.4, 0.5) is 0 Å². The standard InChI is InChI=1S/C22H32/c1-4-7-9-12-19-17-16-18(6-3)22-20(13-10-8-5-2)14-11-15-21(19)22/h11,14-17H,4-10,12-13H2,1-3H3. The molecule has 0 aliphatic carbocycles. The van der Waals surface area contributed by atoms with Crippen LogP contribution in [0.2, 0.25) is 0 Å². The van der Waals surface area contributed by atoms with Gasteiger partial charge in [-0.1, -0.05) is 76.8 Å². The van der Waals surface area contributed by atoms with Crippen molar-refractivity contribution in [3.05, 3.63) is 47.0 Å². The average Bonchev–Trinajstić information content (AvgIpc) is 2.55. The molecule has 0 aromatic heterocycles. The molecule has 0 unspecified atom stereocenters. The lowest BCUT2D eigenvalue weighted by molar-refractivity contribution is 0.717. The van der Waals surface area contributed by atoms with Crippen molar-refractivity contribution in [2.75, 3.05) is 0 Å². The van der Waals surface area contributed by atoms with E-state index in [0.29, 0.717) is 0 Å². The quantitative estimate of drug-likeness (QED) is 0.443. The normalized spacial score (nSPS) is 11.2. The van der Waals surface area contributed by atoms with E-state index in [1.807, 2.05) is 0 Å². The van der Waals surface area contributed by atoms with Gasteiger partial charge in [0.15, 0.2) is 0 Å². The number of unbranched alkanes of at least 4 members (excludes halogenated alkanes) is 4. The Morgan fingerprint density at radius 1 is 0.636 bits per heavy atom. The third kappa shape index (κ3) is 4.12. The van der Waals surface area contributed by atoms with E-state index in [4.69, 9.17) is 0 Å². The highest BCUT2D eigenvalue weighted by molar-refractivity contribution is 5.91. The number of fused-ring (bicyclic) bond motifs is 1. The second-order valence-corrected chi connectivity index (χ2v) is 6.49. The van der Waals surface area contributed by atoms with Crippen LogP contribution in [-0.2, 0) is 19.3 Å². The lowest BCUT2D eigenvalue weighted by Crippen LogP contribution is -1.96. The van der Waals surface area contributed by atoms with Crippen LogP contribution in [0, 0.1) is 0 Å². The third-order valence-electron chi connectivity index (χ3n) is 4.78. The van der Waals surface area contributed by atoms with E-state index < -0.39 is 0 Å². The van der Waals surface area contributed by atoms with Gasteiger partial charge in [-0.15, -0.1) is 0 Å². The predicted octanol–water partition coefficient (Wildman–Crippen LogP) is 6.87. The van der Waals surface area contributed by atoms with Gasteiger partial charge in [-0.25, -0.2) is 0 Å². The Morgan fingerprint density at radius 3 is 1.91 bits per heavy atom. The molecule has 2 aromatic carbocycles. The van der Waals surface area contributed by atoms with Gasteiger partial charge in [-0.05, 0) is 59.6 Å². The van der Waals surface area contributed by atoms with Gasteiger partial charge in [-0.3, -0.25) is 0 Å². The first-order chi connectivity index (χ1) is 10.8. The summed E-state index contributed by atoms with van der Waals surface area (Å²) in [6, 6.07) is 11.7. The molecule has 0 nitrogen and oxygen atoms in total. The van der Waals surface area contributed by atoms with Crippen LogP contribution in [0.15, 0.2) is 30.3 Å². The maximum Gasteiger partial charge on any atom is -0.0117 e. The fourth-order valence-corrected chi connectivity index (χ4v) is 3.47. The summed E-state index contributed by atoms with van der Waals surface area (Å²) < 4.78 is 0. The molecule has 22 heavy (non-hydrogen) atoms. The molecule has 0 radical (unpaired) electrons. The molecular weight excluding hydrogens is 264 g/mol. The van der Waals surface area contributed by atoms with Gasteiger partial charge in [0.1, 0.15) is 0 Å². The second-order valence-electron chi connectivity index (χ2n) is 6.49. The van der Waals surface area contributed by atoms with Crippen LogP contribution in [0.1, 0.15) is 76.0 Å². The minimum absolute atomic E-state index is 1.14. The third-order valence-corrected chi connectivity index (χ3v) is 4.78. The maximum absolute atomic E-state index is 2.38. The minimum Gasteiger partial charge on any atom is -0.0654 e. The van der Waals surface area contributed by atoms with Crippen molar-refractivity contribution in [1.29, 1.82) is 0 Å². The zero-order valence-corrected chi connectivity index (χ0v) is 14.8. The van der Waals surface area contributed by atoms with Gasteiger partial charge < -0.3 is 0 Å². The van der Waals surface area contributed by atoms with E-state index in [9.17, 15) is 0 Å². The summed E-state index contributed by atoms with van der Waals surface area (Å²) >= 11 is 0. The van der Waals surface area contributed by atoms with E-state index in [1.54, 1.807) is 16.5 Å². The Morgan fingerprint density at radius 2 is 1.27 bits per heavy atom. The fourth-order valence-electron chi connectivity index (χ4n) is 3.47. The summed E-state index contributed by atoms with van der Waals surface area (Å²) in [6.07, 6.45) is 11.5. The molecule has 0 saturated heterocycles. The van der Waals surface area contributed by atoms with Crippen LogP contribution in [-0.4, -0.2) is 0 Å². The van der Waals surface area contributed by atoms with E-state index in [0.717, 1.165) is 6.42 Å². The van der Waals surface area contributed by atoms with Crippen LogP contribution in [0.25, 0.3) is 10.8 Å². The summed E-state index contributed by atoms with van der Waals surface area (Å²) in [4.78, 5) is 0. The largest absolute Gasteiger partial charge is 0.0654 e. The molecule has 0 aliphatic rings. The molecule has 0 saturated carbocycles. The van der Waals surface area contributed by atoms with Crippen molar-refractivity contribution in [3.63, 3.8) is 0 Å². The molecule has 0 aliphatic heterocycles. The lowest BCUT2D eigenvalue weighted by atomic mass is 9.90.